The van der Waals surface area contributed by atoms with Crippen LogP contribution in [0.3, 0.4) is 0 Å². The van der Waals surface area contributed by atoms with Gasteiger partial charge in [-0.25, -0.2) is 0 Å². The number of amides is 1. The number of nitrogens with zero attached hydrogens (tertiary/aromatic N) is 1. The maximum atomic E-state index is 12.0. The number of likely N-dealkylation sites (tertiary alicyclic amines) is 1. The Balaban J connectivity index is 1.87. The van der Waals surface area contributed by atoms with E-state index in [0.29, 0.717) is 17.3 Å². The number of carbonyl (C=O) groups is 1. The number of hydrogen-bond donors (Lipinski definition) is 2. The molecule has 1 aromatic carbocycles. The number of benzene rings is 1. The van der Waals surface area contributed by atoms with E-state index in [9.17, 15) is 9.90 Å². The minimum absolute atomic E-state index is 0.0654. The second-order valence-corrected chi connectivity index (χ2v) is 5.69. The summed E-state index contributed by atoms with van der Waals surface area (Å²) in [5.41, 5.74) is 0.642. The number of nitrogens with one attached hydrogen (secondary N) is 1. The molecule has 20 heavy (non-hydrogen) atoms. The summed E-state index contributed by atoms with van der Waals surface area (Å²) in [6.45, 7) is 3.94. The van der Waals surface area contributed by atoms with Crippen molar-refractivity contribution in [2.75, 3.05) is 25.0 Å². The molecule has 0 aromatic heterocycles. The van der Waals surface area contributed by atoms with Crippen LogP contribution in [0.1, 0.15) is 19.8 Å². The summed E-state index contributed by atoms with van der Waals surface area (Å²) in [5, 5.41) is 13.2. The summed E-state index contributed by atoms with van der Waals surface area (Å²) in [4.78, 5) is 14.1. The van der Waals surface area contributed by atoms with Gasteiger partial charge in [0.05, 0.1) is 23.4 Å². The number of rotatable bonds is 4. The van der Waals surface area contributed by atoms with E-state index in [2.05, 4.69) is 17.1 Å². The highest BCUT2D eigenvalue weighted by atomic mass is 35.5. The Morgan fingerprint density at radius 1 is 1.50 bits per heavy atom. The van der Waals surface area contributed by atoms with Crippen LogP contribution in [0.4, 0.5) is 5.69 Å². The first-order valence-electron chi connectivity index (χ1n) is 7.05. The monoisotopic (exact) mass is 296 g/mol. The molecule has 1 aliphatic heterocycles. The number of carbonyl (C=O) groups excluding carboxylic acids is 1. The number of aliphatic hydroxyl groups excluding tert-OH is 1. The standard InChI is InChI=1S/C15H21ClN2O2/c1-2-11-9-18(8-7-14(11)19)10-15(20)17-13-6-4-3-5-12(13)16/h3-6,11,14,19H,2,7-10H2,1H3,(H,17,20). The Morgan fingerprint density at radius 2 is 2.25 bits per heavy atom. The van der Waals surface area contributed by atoms with Crippen LogP contribution in [0.25, 0.3) is 0 Å². The zero-order valence-corrected chi connectivity index (χ0v) is 12.4. The smallest absolute Gasteiger partial charge is 0.238 e. The van der Waals surface area contributed by atoms with Gasteiger partial charge in [-0.05, 0) is 30.9 Å². The van der Waals surface area contributed by atoms with E-state index in [0.717, 1.165) is 25.9 Å². The molecular formula is C15H21ClN2O2. The molecule has 1 amide bonds. The van der Waals surface area contributed by atoms with Crippen LogP contribution in [-0.4, -0.2) is 41.7 Å². The van der Waals surface area contributed by atoms with Crippen LogP contribution in [0.2, 0.25) is 5.02 Å². The average Bonchev–Trinajstić information content (AvgIpc) is 2.43. The predicted molar refractivity (Wildman–Crippen MR) is 80.9 cm³/mol. The molecular weight excluding hydrogens is 276 g/mol. The van der Waals surface area contributed by atoms with Gasteiger partial charge >= 0.3 is 0 Å². The van der Waals surface area contributed by atoms with Gasteiger partial charge in [-0.2, -0.15) is 0 Å². The van der Waals surface area contributed by atoms with E-state index in [-0.39, 0.29) is 17.9 Å². The van der Waals surface area contributed by atoms with Crippen molar-refractivity contribution in [2.45, 2.75) is 25.9 Å². The quantitative estimate of drug-likeness (QED) is 0.897. The lowest BCUT2D eigenvalue weighted by atomic mass is 9.92. The summed E-state index contributed by atoms with van der Waals surface area (Å²) >= 11 is 6.01. The fourth-order valence-electron chi connectivity index (χ4n) is 2.60. The molecule has 2 unspecified atom stereocenters. The number of para-hydroxylation sites is 1. The highest BCUT2D eigenvalue weighted by Crippen LogP contribution is 2.22. The maximum absolute atomic E-state index is 12.0. The summed E-state index contributed by atoms with van der Waals surface area (Å²) in [6.07, 6.45) is 1.43. The van der Waals surface area contributed by atoms with Crippen LogP contribution < -0.4 is 5.32 Å². The minimum Gasteiger partial charge on any atom is -0.393 e. The zero-order chi connectivity index (χ0) is 14.5. The first-order valence-corrected chi connectivity index (χ1v) is 7.42. The molecule has 0 aliphatic carbocycles. The molecule has 4 nitrogen and oxygen atoms in total. The molecule has 2 rings (SSSR count). The van der Waals surface area contributed by atoms with E-state index in [1.165, 1.54) is 0 Å². The number of halogens is 1. The van der Waals surface area contributed by atoms with Crippen molar-refractivity contribution in [2.24, 2.45) is 5.92 Å². The highest BCUT2D eigenvalue weighted by Gasteiger charge is 2.27. The predicted octanol–water partition coefficient (Wildman–Crippen LogP) is 2.37. The summed E-state index contributed by atoms with van der Waals surface area (Å²) < 4.78 is 0. The van der Waals surface area contributed by atoms with Gasteiger partial charge in [0.1, 0.15) is 0 Å². The van der Waals surface area contributed by atoms with Crippen molar-refractivity contribution in [3.05, 3.63) is 29.3 Å². The summed E-state index contributed by atoms with van der Waals surface area (Å²) in [6, 6.07) is 7.21. The summed E-state index contributed by atoms with van der Waals surface area (Å²) in [7, 11) is 0. The van der Waals surface area contributed by atoms with Gasteiger partial charge < -0.3 is 10.4 Å². The molecule has 1 heterocycles. The van der Waals surface area contributed by atoms with Gasteiger partial charge in [0.2, 0.25) is 5.91 Å². The molecule has 0 radical (unpaired) electrons. The molecule has 0 bridgehead atoms. The van der Waals surface area contributed by atoms with Crippen LogP contribution in [0.5, 0.6) is 0 Å². The van der Waals surface area contributed by atoms with Crippen LogP contribution in [0, 0.1) is 5.92 Å². The molecule has 5 heteroatoms. The Labute approximate surface area is 124 Å². The Hall–Kier alpha value is -1.10. The molecule has 1 aromatic rings. The highest BCUT2D eigenvalue weighted by molar-refractivity contribution is 6.33. The third-order valence-corrected chi connectivity index (χ3v) is 4.15. The molecule has 0 spiro atoms. The largest absolute Gasteiger partial charge is 0.393 e. The van der Waals surface area contributed by atoms with Gasteiger partial charge in [-0.1, -0.05) is 30.7 Å². The molecule has 1 saturated heterocycles. The van der Waals surface area contributed by atoms with Gasteiger partial charge in [0.25, 0.3) is 0 Å². The maximum Gasteiger partial charge on any atom is 0.238 e. The second kappa shape index (κ2) is 7.07. The van der Waals surface area contributed by atoms with Crippen molar-refractivity contribution in [3.63, 3.8) is 0 Å². The van der Waals surface area contributed by atoms with Crippen molar-refractivity contribution in [1.29, 1.82) is 0 Å². The van der Waals surface area contributed by atoms with Crippen LogP contribution >= 0.6 is 11.6 Å². The van der Waals surface area contributed by atoms with Crippen LogP contribution in [-0.2, 0) is 4.79 Å². The Bertz CT molecular complexity index is 467. The topological polar surface area (TPSA) is 52.6 Å². The van der Waals surface area contributed by atoms with Crippen molar-refractivity contribution < 1.29 is 9.90 Å². The third kappa shape index (κ3) is 3.95. The lowest BCUT2D eigenvalue weighted by Gasteiger charge is -2.35. The second-order valence-electron chi connectivity index (χ2n) is 5.29. The molecule has 1 aliphatic rings. The van der Waals surface area contributed by atoms with Gasteiger partial charge in [-0.3, -0.25) is 9.69 Å². The lowest BCUT2D eigenvalue weighted by molar-refractivity contribution is -0.118. The van der Waals surface area contributed by atoms with Crippen molar-refractivity contribution in [3.8, 4) is 0 Å². The van der Waals surface area contributed by atoms with Crippen LogP contribution in [0.15, 0.2) is 24.3 Å². The SMILES string of the molecule is CCC1CN(CC(=O)Nc2ccccc2Cl)CCC1O. The van der Waals surface area contributed by atoms with Crippen molar-refractivity contribution >= 4 is 23.2 Å². The minimum atomic E-state index is -0.233. The normalized spacial score (nSPS) is 23.6. The van der Waals surface area contributed by atoms with E-state index in [1.54, 1.807) is 12.1 Å². The number of aliphatic hydroxyl groups is 1. The Morgan fingerprint density at radius 3 is 2.95 bits per heavy atom. The molecule has 110 valence electrons. The average molecular weight is 297 g/mol. The van der Waals surface area contributed by atoms with Gasteiger partial charge in [0.15, 0.2) is 0 Å². The van der Waals surface area contributed by atoms with Gasteiger partial charge in [-0.15, -0.1) is 0 Å². The molecule has 0 saturated carbocycles. The molecule has 1 fully saturated rings. The van der Waals surface area contributed by atoms with E-state index in [4.69, 9.17) is 11.6 Å². The third-order valence-electron chi connectivity index (χ3n) is 3.82. The van der Waals surface area contributed by atoms with E-state index < -0.39 is 0 Å². The molecule has 2 atom stereocenters. The van der Waals surface area contributed by atoms with E-state index >= 15 is 0 Å². The molecule has 2 N–H and O–H groups in total. The zero-order valence-electron chi connectivity index (χ0n) is 11.7. The first kappa shape index (κ1) is 15.3. The van der Waals surface area contributed by atoms with E-state index in [1.807, 2.05) is 12.1 Å². The first-order chi connectivity index (χ1) is 9.60. The fraction of sp³-hybridized carbons (Fsp3) is 0.533. The number of hydrogen-bond acceptors (Lipinski definition) is 3. The lowest BCUT2D eigenvalue weighted by Crippen LogP contribution is -2.45. The van der Waals surface area contributed by atoms with Gasteiger partial charge in [0, 0.05) is 13.1 Å². The Kier molecular flexibility index (Phi) is 5.40. The number of anilines is 1. The van der Waals surface area contributed by atoms with Crippen molar-refractivity contribution in [1.82, 2.24) is 4.90 Å². The summed E-state index contributed by atoms with van der Waals surface area (Å²) in [5.74, 6) is 0.196. The fourth-order valence-corrected chi connectivity index (χ4v) is 2.78. The number of piperidine rings is 1.